The number of carbonyl (C=O) groups is 1. The van der Waals surface area contributed by atoms with Crippen molar-refractivity contribution < 1.29 is 15.0 Å². The second-order valence-electron chi connectivity index (χ2n) is 3.42. The Morgan fingerprint density at radius 2 is 1.93 bits per heavy atom. The highest BCUT2D eigenvalue weighted by Gasteiger charge is 2.13. The number of nitrogens with zero attached hydrogens (tertiary/aromatic N) is 1. The van der Waals surface area contributed by atoms with Crippen molar-refractivity contribution in [1.29, 1.82) is 0 Å². The molecule has 0 radical (unpaired) electrons. The van der Waals surface area contributed by atoms with E-state index < -0.39 is 12.2 Å². The minimum Gasteiger partial charge on any atom is -0.392 e. The maximum absolute atomic E-state index is 11.4. The topological polar surface area (TPSA) is 72.8 Å². The summed E-state index contributed by atoms with van der Waals surface area (Å²) in [4.78, 5) is 12.9. The van der Waals surface area contributed by atoms with E-state index in [0.29, 0.717) is 13.1 Å². The Hall–Kier alpha value is -0.810. The average Bonchev–Trinajstić information content (AvgIpc) is 2.09. The standard InChI is InChI=1S/C9H20N2O3/c1-4-11(6-8(3)13)9(14)10-5-7(2)12/h7-8,12-13H,4-6H2,1-3H3,(H,10,14). The zero-order chi connectivity index (χ0) is 11.1. The van der Waals surface area contributed by atoms with Crippen LogP contribution in [0.15, 0.2) is 0 Å². The highest BCUT2D eigenvalue weighted by atomic mass is 16.3. The van der Waals surface area contributed by atoms with Crippen molar-refractivity contribution in [1.82, 2.24) is 10.2 Å². The fourth-order valence-corrected chi connectivity index (χ4v) is 1.02. The summed E-state index contributed by atoms with van der Waals surface area (Å²) in [7, 11) is 0. The summed E-state index contributed by atoms with van der Waals surface area (Å²) in [6.07, 6.45) is -1.09. The van der Waals surface area contributed by atoms with E-state index in [1.165, 1.54) is 4.90 Å². The molecule has 0 bridgehead atoms. The van der Waals surface area contributed by atoms with Crippen molar-refractivity contribution in [2.75, 3.05) is 19.6 Å². The molecular weight excluding hydrogens is 184 g/mol. The fraction of sp³-hybridized carbons (Fsp3) is 0.889. The van der Waals surface area contributed by atoms with E-state index in [9.17, 15) is 4.79 Å². The lowest BCUT2D eigenvalue weighted by molar-refractivity contribution is 0.131. The van der Waals surface area contributed by atoms with Gasteiger partial charge in [-0.2, -0.15) is 0 Å². The van der Waals surface area contributed by atoms with E-state index in [0.717, 1.165) is 0 Å². The van der Waals surface area contributed by atoms with Gasteiger partial charge in [-0.3, -0.25) is 0 Å². The van der Waals surface area contributed by atoms with Crippen LogP contribution in [0.2, 0.25) is 0 Å². The van der Waals surface area contributed by atoms with Gasteiger partial charge in [0.05, 0.1) is 12.2 Å². The Bertz CT molecular complexity index is 171. The summed E-state index contributed by atoms with van der Waals surface area (Å²) >= 11 is 0. The number of likely N-dealkylation sites (N-methyl/N-ethyl adjacent to an activating group) is 1. The van der Waals surface area contributed by atoms with Crippen LogP contribution in [-0.2, 0) is 0 Å². The summed E-state index contributed by atoms with van der Waals surface area (Å²) in [6.45, 7) is 6.15. The average molecular weight is 204 g/mol. The molecule has 0 aromatic carbocycles. The van der Waals surface area contributed by atoms with Crippen molar-refractivity contribution >= 4 is 6.03 Å². The molecule has 0 saturated heterocycles. The summed E-state index contributed by atoms with van der Waals surface area (Å²) in [5, 5.41) is 20.6. The molecule has 2 unspecified atom stereocenters. The highest BCUT2D eigenvalue weighted by Crippen LogP contribution is 1.93. The molecule has 0 aromatic heterocycles. The van der Waals surface area contributed by atoms with Gasteiger partial charge in [-0.1, -0.05) is 0 Å². The predicted octanol–water partition coefficient (Wildman–Crippen LogP) is -0.221. The van der Waals surface area contributed by atoms with Gasteiger partial charge in [0.1, 0.15) is 0 Å². The molecule has 2 amide bonds. The summed E-state index contributed by atoms with van der Waals surface area (Å²) < 4.78 is 0. The number of urea groups is 1. The number of hydrogen-bond acceptors (Lipinski definition) is 3. The fourth-order valence-electron chi connectivity index (χ4n) is 1.02. The maximum Gasteiger partial charge on any atom is 0.317 e. The molecule has 0 heterocycles. The van der Waals surface area contributed by atoms with Gasteiger partial charge < -0.3 is 20.4 Å². The van der Waals surface area contributed by atoms with E-state index >= 15 is 0 Å². The number of hydrogen-bond donors (Lipinski definition) is 3. The first-order valence-electron chi connectivity index (χ1n) is 4.86. The van der Waals surface area contributed by atoms with Gasteiger partial charge >= 0.3 is 6.03 Å². The maximum atomic E-state index is 11.4. The monoisotopic (exact) mass is 204 g/mol. The number of carbonyl (C=O) groups excluding carboxylic acids is 1. The molecule has 0 saturated carbocycles. The van der Waals surface area contributed by atoms with E-state index in [2.05, 4.69) is 5.32 Å². The molecule has 0 aromatic rings. The molecule has 0 aliphatic rings. The number of nitrogens with one attached hydrogen (secondary N) is 1. The Kier molecular flexibility index (Phi) is 6.23. The van der Waals surface area contributed by atoms with Crippen LogP contribution in [0.25, 0.3) is 0 Å². The largest absolute Gasteiger partial charge is 0.392 e. The van der Waals surface area contributed by atoms with Crippen LogP contribution in [0.3, 0.4) is 0 Å². The molecule has 2 atom stereocenters. The van der Waals surface area contributed by atoms with Crippen LogP contribution in [0, 0.1) is 0 Å². The SMILES string of the molecule is CCN(CC(C)O)C(=O)NCC(C)O. The van der Waals surface area contributed by atoms with Crippen molar-refractivity contribution in [3.63, 3.8) is 0 Å². The molecule has 0 fully saturated rings. The second kappa shape index (κ2) is 6.62. The minimum absolute atomic E-state index is 0.231. The van der Waals surface area contributed by atoms with Crippen molar-refractivity contribution in [3.05, 3.63) is 0 Å². The number of aliphatic hydroxyl groups excluding tert-OH is 2. The zero-order valence-electron chi connectivity index (χ0n) is 9.03. The second-order valence-corrected chi connectivity index (χ2v) is 3.42. The Morgan fingerprint density at radius 1 is 1.36 bits per heavy atom. The van der Waals surface area contributed by atoms with Crippen molar-refractivity contribution in [2.45, 2.75) is 33.0 Å². The first kappa shape index (κ1) is 13.2. The molecule has 5 nitrogen and oxygen atoms in total. The minimum atomic E-state index is -0.552. The highest BCUT2D eigenvalue weighted by molar-refractivity contribution is 5.74. The van der Waals surface area contributed by atoms with Gasteiger partial charge in [0.15, 0.2) is 0 Å². The third-order valence-corrected chi connectivity index (χ3v) is 1.70. The quantitative estimate of drug-likeness (QED) is 0.579. The molecular formula is C9H20N2O3. The van der Waals surface area contributed by atoms with Gasteiger partial charge in [0, 0.05) is 19.6 Å². The molecule has 14 heavy (non-hydrogen) atoms. The van der Waals surface area contributed by atoms with Gasteiger partial charge in [-0.05, 0) is 20.8 Å². The normalized spacial score (nSPS) is 14.6. The van der Waals surface area contributed by atoms with Crippen molar-refractivity contribution in [2.24, 2.45) is 0 Å². The lowest BCUT2D eigenvalue weighted by Crippen LogP contribution is -2.45. The molecule has 0 rings (SSSR count). The lowest BCUT2D eigenvalue weighted by atomic mass is 10.3. The predicted molar refractivity (Wildman–Crippen MR) is 54.0 cm³/mol. The van der Waals surface area contributed by atoms with Crippen LogP contribution in [0.4, 0.5) is 4.79 Å². The van der Waals surface area contributed by atoms with Crippen LogP contribution in [-0.4, -0.2) is 53.0 Å². The van der Waals surface area contributed by atoms with Crippen LogP contribution < -0.4 is 5.32 Å². The van der Waals surface area contributed by atoms with Crippen LogP contribution >= 0.6 is 0 Å². The third kappa shape index (κ3) is 5.77. The first-order valence-corrected chi connectivity index (χ1v) is 4.86. The molecule has 0 spiro atoms. The lowest BCUT2D eigenvalue weighted by Gasteiger charge is -2.23. The molecule has 0 aliphatic heterocycles. The Labute approximate surface area is 84.7 Å². The first-order chi connectivity index (χ1) is 6.47. The van der Waals surface area contributed by atoms with Gasteiger partial charge in [0.25, 0.3) is 0 Å². The van der Waals surface area contributed by atoms with E-state index in [-0.39, 0.29) is 12.6 Å². The third-order valence-electron chi connectivity index (χ3n) is 1.70. The summed E-state index contributed by atoms with van der Waals surface area (Å²) in [5.74, 6) is 0. The van der Waals surface area contributed by atoms with E-state index in [4.69, 9.17) is 10.2 Å². The van der Waals surface area contributed by atoms with Gasteiger partial charge in [-0.15, -0.1) is 0 Å². The molecule has 5 heteroatoms. The molecule has 84 valence electrons. The van der Waals surface area contributed by atoms with E-state index in [1.807, 2.05) is 6.92 Å². The summed E-state index contributed by atoms with van der Waals surface area (Å²) in [5.41, 5.74) is 0. The molecule has 3 N–H and O–H groups in total. The smallest absolute Gasteiger partial charge is 0.317 e. The van der Waals surface area contributed by atoms with Crippen molar-refractivity contribution in [3.8, 4) is 0 Å². The number of aliphatic hydroxyl groups is 2. The Morgan fingerprint density at radius 3 is 2.29 bits per heavy atom. The van der Waals surface area contributed by atoms with Gasteiger partial charge in [0.2, 0.25) is 0 Å². The Balaban J connectivity index is 3.92. The van der Waals surface area contributed by atoms with E-state index in [1.54, 1.807) is 13.8 Å². The van der Waals surface area contributed by atoms with Gasteiger partial charge in [-0.25, -0.2) is 4.79 Å². The number of amides is 2. The number of rotatable bonds is 5. The molecule has 0 aliphatic carbocycles. The summed E-state index contributed by atoms with van der Waals surface area (Å²) in [6, 6.07) is -0.255. The zero-order valence-corrected chi connectivity index (χ0v) is 9.03. The van der Waals surface area contributed by atoms with Crippen LogP contribution in [0.1, 0.15) is 20.8 Å². The van der Waals surface area contributed by atoms with Crippen LogP contribution in [0.5, 0.6) is 0 Å².